The van der Waals surface area contributed by atoms with Crippen LogP contribution in [0, 0.1) is 5.82 Å². The number of halogens is 3. The van der Waals surface area contributed by atoms with Crippen LogP contribution in [0.2, 0.25) is 10.0 Å². The highest BCUT2D eigenvalue weighted by Gasteiger charge is 2.29. The third-order valence-corrected chi connectivity index (χ3v) is 5.05. The van der Waals surface area contributed by atoms with Gasteiger partial charge in [-0.2, -0.15) is 0 Å². The Balaban J connectivity index is 1.41. The molecule has 30 heavy (non-hydrogen) atoms. The number of carbonyl (C=O) groups excluding carboxylic acids is 2. The molecule has 2 aromatic rings. The first kappa shape index (κ1) is 21.9. The summed E-state index contributed by atoms with van der Waals surface area (Å²) in [4.78, 5) is 27.9. The van der Waals surface area contributed by atoms with Crippen LogP contribution in [0.15, 0.2) is 54.7 Å². The molecule has 3 amide bonds. The number of benzene rings is 2. The van der Waals surface area contributed by atoms with E-state index in [0.717, 1.165) is 11.8 Å². The minimum atomic E-state index is -0.623. The number of rotatable bonds is 8. The van der Waals surface area contributed by atoms with Gasteiger partial charge in [-0.3, -0.25) is 9.69 Å². The molecule has 0 saturated carbocycles. The Bertz CT molecular complexity index is 953. The van der Waals surface area contributed by atoms with Gasteiger partial charge in [0.2, 0.25) is 0 Å². The van der Waals surface area contributed by atoms with Crippen LogP contribution < -0.4 is 15.0 Å². The minimum absolute atomic E-state index is 0.0220. The van der Waals surface area contributed by atoms with Crippen molar-refractivity contribution in [3.63, 3.8) is 0 Å². The van der Waals surface area contributed by atoms with E-state index in [0.29, 0.717) is 36.8 Å². The van der Waals surface area contributed by atoms with Crippen molar-refractivity contribution in [1.82, 2.24) is 10.2 Å². The standard InChI is InChI=1S/C21H20Cl2FN3O3/c1-14(25-20(28)13-30-17-6-7-18(23)19(24)12-17)8-9-26-10-11-27(21(26)29)16-4-2-15(22)3-5-16/h2-7,12H,1,8-11,13H2,(H,25,28). The molecule has 3 rings (SSSR count). The maximum Gasteiger partial charge on any atom is 0.324 e. The average Bonchev–Trinajstić information content (AvgIpc) is 3.08. The molecule has 1 N–H and O–H groups in total. The molecule has 1 aliphatic heterocycles. The number of anilines is 1. The van der Waals surface area contributed by atoms with Gasteiger partial charge in [0.05, 0.1) is 5.02 Å². The SMILES string of the molecule is C=C(CCN1CCN(c2ccc(Cl)cc2)C1=O)NC(=O)COc1ccc(Cl)c(F)c1. The monoisotopic (exact) mass is 451 g/mol. The fourth-order valence-corrected chi connectivity index (χ4v) is 3.18. The topological polar surface area (TPSA) is 61.9 Å². The van der Waals surface area contributed by atoms with Crippen molar-refractivity contribution in [3.8, 4) is 5.75 Å². The lowest BCUT2D eigenvalue weighted by atomic mass is 10.3. The molecule has 0 radical (unpaired) electrons. The zero-order valence-corrected chi connectivity index (χ0v) is 17.5. The van der Waals surface area contributed by atoms with Crippen molar-refractivity contribution < 1.29 is 18.7 Å². The Morgan fingerprint density at radius 1 is 1.17 bits per heavy atom. The van der Waals surface area contributed by atoms with Gasteiger partial charge in [-0.1, -0.05) is 29.8 Å². The van der Waals surface area contributed by atoms with Crippen LogP contribution in [0.3, 0.4) is 0 Å². The van der Waals surface area contributed by atoms with Crippen molar-refractivity contribution >= 4 is 40.8 Å². The second kappa shape index (κ2) is 9.82. The smallest absolute Gasteiger partial charge is 0.324 e. The summed E-state index contributed by atoms with van der Waals surface area (Å²) in [6.07, 6.45) is 0.404. The lowest BCUT2D eigenvalue weighted by Crippen LogP contribution is -2.34. The first-order valence-corrected chi connectivity index (χ1v) is 9.96. The molecular formula is C21H20Cl2FN3O3. The van der Waals surface area contributed by atoms with E-state index in [4.69, 9.17) is 27.9 Å². The summed E-state index contributed by atoms with van der Waals surface area (Å²) in [5, 5.41) is 3.21. The average molecular weight is 452 g/mol. The Morgan fingerprint density at radius 2 is 1.90 bits per heavy atom. The number of nitrogens with one attached hydrogen (secondary N) is 1. The van der Waals surface area contributed by atoms with E-state index in [2.05, 4.69) is 11.9 Å². The van der Waals surface area contributed by atoms with Crippen molar-refractivity contribution in [2.75, 3.05) is 31.1 Å². The predicted octanol–water partition coefficient (Wildman–Crippen LogP) is 4.47. The summed E-state index contributed by atoms with van der Waals surface area (Å²) in [7, 11) is 0. The first-order valence-electron chi connectivity index (χ1n) is 9.21. The van der Waals surface area contributed by atoms with E-state index >= 15 is 0 Å². The second-order valence-corrected chi connectivity index (χ2v) is 7.51. The van der Waals surface area contributed by atoms with Crippen molar-refractivity contribution in [1.29, 1.82) is 0 Å². The van der Waals surface area contributed by atoms with Gasteiger partial charge in [0.15, 0.2) is 6.61 Å². The van der Waals surface area contributed by atoms with Crippen LogP contribution in [-0.2, 0) is 4.79 Å². The van der Waals surface area contributed by atoms with Crippen LogP contribution in [0.25, 0.3) is 0 Å². The maximum atomic E-state index is 13.4. The molecule has 1 aliphatic rings. The van der Waals surface area contributed by atoms with E-state index in [1.54, 1.807) is 34.1 Å². The number of amides is 3. The van der Waals surface area contributed by atoms with Gasteiger partial charge in [-0.25, -0.2) is 9.18 Å². The fraction of sp³-hybridized carbons (Fsp3) is 0.238. The summed E-state index contributed by atoms with van der Waals surface area (Å²) in [5.74, 6) is -0.851. The molecule has 6 nitrogen and oxygen atoms in total. The quantitative estimate of drug-likeness (QED) is 0.643. The second-order valence-electron chi connectivity index (χ2n) is 6.66. The lowest BCUT2D eigenvalue weighted by Gasteiger charge is -2.19. The number of carbonyl (C=O) groups is 2. The van der Waals surface area contributed by atoms with Crippen LogP contribution in [0.5, 0.6) is 5.75 Å². The highest BCUT2D eigenvalue weighted by atomic mass is 35.5. The third kappa shape index (κ3) is 5.64. The number of hydrogen-bond acceptors (Lipinski definition) is 3. The zero-order valence-electron chi connectivity index (χ0n) is 16.0. The van der Waals surface area contributed by atoms with Gasteiger partial charge in [0.25, 0.3) is 5.91 Å². The van der Waals surface area contributed by atoms with Crippen molar-refractivity contribution in [2.45, 2.75) is 6.42 Å². The Kier molecular flexibility index (Phi) is 7.18. The molecule has 2 aromatic carbocycles. The molecule has 0 unspecified atom stereocenters. The van der Waals surface area contributed by atoms with Gasteiger partial charge >= 0.3 is 6.03 Å². The highest BCUT2D eigenvalue weighted by molar-refractivity contribution is 6.31. The summed E-state index contributed by atoms with van der Waals surface area (Å²) in [6.45, 7) is 5.09. The summed E-state index contributed by atoms with van der Waals surface area (Å²) >= 11 is 11.5. The van der Waals surface area contributed by atoms with Crippen molar-refractivity contribution in [2.24, 2.45) is 0 Å². The molecule has 0 spiro atoms. The number of nitrogens with zero attached hydrogens (tertiary/aromatic N) is 2. The van der Waals surface area contributed by atoms with Crippen molar-refractivity contribution in [3.05, 3.63) is 70.6 Å². The van der Waals surface area contributed by atoms with E-state index in [9.17, 15) is 14.0 Å². The molecule has 1 saturated heterocycles. The normalized spacial score (nSPS) is 13.5. The molecule has 0 aromatic heterocycles. The summed E-state index contributed by atoms with van der Waals surface area (Å²) < 4.78 is 18.6. The molecular weight excluding hydrogens is 432 g/mol. The van der Waals surface area contributed by atoms with Gasteiger partial charge in [0, 0.05) is 48.5 Å². The van der Waals surface area contributed by atoms with E-state index in [-0.39, 0.29) is 23.4 Å². The van der Waals surface area contributed by atoms with Gasteiger partial charge in [0.1, 0.15) is 11.6 Å². The third-order valence-electron chi connectivity index (χ3n) is 4.49. The predicted molar refractivity (Wildman–Crippen MR) is 115 cm³/mol. The molecule has 0 atom stereocenters. The molecule has 1 fully saturated rings. The van der Waals surface area contributed by atoms with Gasteiger partial charge in [-0.15, -0.1) is 0 Å². The van der Waals surface area contributed by atoms with Crippen LogP contribution in [0.4, 0.5) is 14.9 Å². The zero-order chi connectivity index (χ0) is 21.7. The van der Waals surface area contributed by atoms with Gasteiger partial charge in [-0.05, 0) is 36.4 Å². The van der Waals surface area contributed by atoms with Crippen LogP contribution in [0.1, 0.15) is 6.42 Å². The number of hydrogen-bond donors (Lipinski definition) is 1. The maximum absolute atomic E-state index is 13.4. The van der Waals surface area contributed by atoms with Gasteiger partial charge < -0.3 is 15.0 Å². The Morgan fingerprint density at radius 3 is 2.60 bits per heavy atom. The van der Waals surface area contributed by atoms with E-state index in [1.807, 2.05) is 0 Å². The number of urea groups is 1. The first-order chi connectivity index (χ1) is 14.3. The Hall–Kier alpha value is -2.77. The molecule has 158 valence electrons. The molecule has 1 heterocycles. The molecule has 0 aliphatic carbocycles. The summed E-state index contributed by atoms with van der Waals surface area (Å²) in [5.41, 5.74) is 1.25. The van der Waals surface area contributed by atoms with E-state index in [1.165, 1.54) is 12.1 Å². The highest BCUT2D eigenvalue weighted by Crippen LogP contribution is 2.23. The van der Waals surface area contributed by atoms with E-state index < -0.39 is 11.7 Å². The van der Waals surface area contributed by atoms with Crippen LogP contribution >= 0.6 is 23.2 Å². The molecule has 0 bridgehead atoms. The molecule has 9 heteroatoms. The number of ether oxygens (including phenoxy) is 1. The largest absolute Gasteiger partial charge is 0.484 e. The minimum Gasteiger partial charge on any atom is -0.484 e. The Labute approximate surface area is 183 Å². The summed E-state index contributed by atoms with van der Waals surface area (Å²) in [6, 6.07) is 10.9. The van der Waals surface area contributed by atoms with Crippen LogP contribution in [-0.4, -0.2) is 43.1 Å². The fourth-order valence-electron chi connectivity index (χ4n) is 2.93. The lowest BCUT2D eigenvalue weighted by molar-refractivity contribution is -0.122.